The summed E-state index contributed by atoms with van der Waals surface area (Å²) < 4.78 is 44.0. The van der Waals surface area contributed by atoms with Gasteiger partial charge in [0.2, 0.25) is 5.95 Å². The fourth-order valence-corrected chi connectivity index (χ4v) is 4.02. The van der Waals surface area contributed by atoms with Crippen LogP contribution in [-0.2, 0) is 4.79 Å². The number of hydrogen-bond donors (Lipinski definition) is 2. The van der Waals surface area contributed by atoms with Gasteiger partial charge in [0.25, 0.3) is 5.92 Å². The molecule has 1 aromatic heterocycles. The highest BCUT2D eigenvalue weighted by molar-refractivity contribution is 8.00. The zero-order valence-electron chi connectivity index (χ0n) is 18.0. The Balaban J connectivity index is 1.79. The van der Waals surface area contributed by atoms with Crippen LogP contribution in [-0.4, -0.2) is 46.7 Å². The lowest BCUT2D eigenvalue weighted by atomic mass is 9.82. The third kappa shape index (κ3) is 5.32. The molecule has 172 valence electrons. The zero-order chi connectivity index (χ0) is 23.5. The predicted octanol–water partition coefficient (Wildman–Crippen LogP) is 4.47. The molecule has 1 aliphatic carbocycles. The maximum absolute atomic E-state index is 14.6. The number of aliphatic imine (C=N–C) groups is 1. The third-order valence-electron chi connectivity index (χ3n) is 5.38. The van der Waals surface area contributed by atoms with E-state index in [2.05, 4.69) is 19.7 Å². The van der Waals surface area contributed by atoms with Gasteiger partial charge in [-0.05, 0) is 32.4 Å². The van der Waals surface area contributed by atoms with Crippen molar-refractivity contribution < 1.29 is 18.0 Å². The smallest absolute Gasteiger partial charge is 0.251 e. The fourth-order valence-electron chi connectivity index (χ4n) is 3.00. The lowest BCUT2D eigenvalue weighted by Gasteiger charge is -2.35. The third-order valence-corrected chi connectivity index (χ3v) is 6.32. The van der Waals surface area contributed by atoms with E-state index >= 15 is 0 Å². The normalized spacial score (nSPS) is 17.7. The number of aromatic nitrogens is 2. The van der Waals surface area contributed by atoms with Crippen LogP contribution in [0.3, 0.4) is 0 Å². The van der Waals surface area contributed by atoms with E-state index in [9.17, 15) is 18.0 Å². The Morgan fingerprint density at radius 1 is 1.47 bits per heavy atom. The van der Waals surface area contributed by atoms with Crippen molar-refractivity contribution in [3.8, 4) is 0 Å². The van der Waals surface area contributed by atoms with Gasteiger partial charge in [0.15, 0.2) is 12.1 Å². The maximum atomic E-state index is 14.6. The van der Waals surface area contributed by atoms with Gasteiger partial charge in [0.05, 0.1) is 11.9 Å². The highest BCUT2D eigenvalue weighted by Crippen LogP contribution is 2.44. The molecule has 0 spiro atoms. The highest BCUT2D eigenvalue weighted by Gasteiger charge is 2.47. The summed E-state index contributed by atoms with van der Waals surface area (Å²) in [7, 11) is 1.81. The van der Waals surface area contributed by atoms with Gasteiger partial charge >= 0.3 is 0 Å². The Kier molecular flexibility index (Phi) is 7.27. The molecule has 0 saturated heterocycles. The topological polar surface area (TPSA) is 96.5 Å². The van der Waals surface area contributed by atoms with Crippen LogP contribution >= 0.6 is 11.9 Å². The van der Waals surface area contributed by atoms with Crippen LogP contribution < -0.4 is 15.4 Å². The van der Waals surface area contributed by atoms with Gasteiger partial charge in [-0.1, -0.05) is 18.0 Å². The SMILES string of the molecule is CC(C)N(C)c1nc(N)ncc1/N=C(\C=O)c1ccc(NSCC2CCC2(F)F)c(F)c1. The number of nitrogens with two attached hydrogens (primary N) is 1. The summed E-state index contributed by atoms with van der Waals surface area (Å²) >= 11 is 1.03. The summed E-state index contributed by atoms with van der Waals surface area (Å²) in [6.07, 6.45) is 2.29. The second kappa shape index (κ2) is 9.76. The molecule has 1 heterocycles. The van der Waals surface area contributed by atoms with E-state index in [1.165, 1.54) is 18.3 Å². The fraction of sp³-hybridized carbons (Fsp3) is 0.429. The quantitative estimate of drug-likeness (QED) is 0.320. The molecule has 0 bridgehead atoms. The Morgan fingerprint density at radius 3 is 2.78 bits per heavy atom. The number of nitrogens with zero attached hydrogens (tertiary/aromatic N) is 4. The number of hydrogen-bond acceptors (Lipinski definition) is 8. The molecular weight excluding hydrogens is 441 g/mol. The minimum atomic E-state index is -2.64. The number of carbonyl (C=O) groups is 1. The number of nitrogens with one attached hydrogen (secondary N) is 1. The molecule has 0 aliphatic heterocycles. The minimum absolute atomic E-state index is 0.0102. The molecule has 7 nitrogen and oxygen atoms in total. The maximum Gasteiger partial charge on any atom is 0.251 e. The molecule has 1 unspecified atom stereocenters. The predicted molar refractivity (Wildman–Crippen MR) is 122 cm³/mol. The van der Waals surface area contributed by atoms with Gasteiger partial charge in [0, 0.05) is 36.7 Å². The first-order valence-corrected chi connectivity index (χ1v) is 11.1. The van der Waals surface area contributed by atoms with Crippen LogP contribution in [0, 0.1) is 11.7 Å². The Bertz CT molecular complexity index is 1020. The largest absolute Gasteiger partial charge is 0.368 e. The molecule has 1 aliphatic rings. The van der Waals surface area contributed by atoms with Crippen molar-refractivity contribution in [2.45, 2.75) is 38.7 Å². The van der Waals surface area contributed by atoms with Gasteiger partial charge in [-0.2, -0.15) is 4.98 Å². The number of alkyl halides is 2. The second-order valence-electron chi connectivity index (χ2n) is 7.86. The van der Waals surface area contributed by atoms with Crippen molar-refractivity contribution in [1.29, 1.82) is 0 Å². The van der Waals surface area contributed by atoms with Crippen molar-refractivity contribution in [2.24, 2.45) is 10.9 Å². The summed E-state index contributed by atoms with van der Waals surface area (Å²) in [6, 6.07) is 4.22. The molecule has 1 fully saturated rings. The van der Waals surface area contributed by atoms with Crippen molar-refractivity contribution in [1.82, 2.24) is 9.97 Å². The Morgan fingerprint density at radius 2 is 2.22 bits per heavy atom. The standard InChI is InChI=1S/C21H25F3N6OS/c1-12(2)30(3)19-17(9-26-20(25)28-19)27-18(10-31)13-4-5-16(15(22)8-13)29-32-11-14-6-7-21(14,23)24/h4-5,8-10,12,14,29H,6-7,11H2,1-3H3,(H2,25,26,28)/b27-18+. The van der Waals surface area contributed by atoms with Crippen LogP contribution in [0.2, 0.25) is 0 Å². The molecule has 3 rings (SSSR count). The minimum Gasteiger partial charge on any atom is -0.368 e. The molecule has 3 N–H and O–H groups in total. The number of rotatable bonds is 9. The number of carbonyl (C=O) groups excluding carboxylic acids is 1. The van der Waals surface area contributed by atoms with Crippen LogP contribution in [0.25, 0.3) is 0 Å². The Labute approximate surface area is 188 Å². The van der Waals surface area contributed by atoms with Crippen molar-refractivity contribution in [2.75, 3.05) is 28.2 Å². The monoisotopic (exact) mass is 466 g/mol. The molecule has 1 saturated carbocycles. The molecule has 0 radical (unpaired) electrons. The number of anilines is 3. The van der Waals surface area contributed by atoms with Crippen molar-refractivity contribution >= 4 is 47.1 Å². The summed E-state index contributed by atoms with van der Waals surface area (Å²) in [5.74, 6) is -3.28. The summed E-state index contributed by atoms with van der Waals surface area (Å²) in [4.78, 5) is 26.0. The van der Waals surface area contributed by atoms with E-state index < -0.39 is 17.7 Å². The molecule has 1 atom stereocenters. The van der Waals surface area contributed by atoms with Gasteiger partial charge in [-0.3, -0.25) is 4.79 Å². The molecule has 2 aromatic rings. The first-order valence-electron chi connectivity index (χ1n) is 10.1. The van der Waals surface area contributed by atoms with E-state index in [4.69, 9.17) is 5.73 Å². The van der Waals surface area contributed by atoms with Gasteiger partial charge < -0.3 is 15.4 Å². The number of benzene rings is 1. The van der Waals surface area contributed by atoms with E-state index in [-0.39, 0.29) is 41.1 Å². The number of aldehydes is 1. The molecule has 1 aromatic carbocycles. The molecule has 32 heavy (non-hydrogen) atoms. The van der Waals surface area contributed by atoms with Crippen molar-refractivity contribution in [3.63, 3.8) is 0 Å². The van der Waals surface area contributed by atoms with E-state index in [1.54, 1.807) is 0 Å². The van der Waals surface area contributed by atoms with Gasteiger partial charge in [0.1, 0.15) is 17.2 Å². The van der Waals surface area contributed by atoms with Crippen LogP contribution in [0.1, 0.15) is 32.3 Å². The van der Waals surface area contributed by atoms with Crippen LogP contribution in [0.15, 0.2) is 29.4 Å². The summed E-state index contributed by atoms with van der Waals surface area (Å²) in [5.41, 5.74) is 6.40. The Hall–Kier alpha value is -2.82. The zero-order valence-corrected chi connectivity index (χ0v) is 18.8. The molecule has 0 amide bonds. The van der Waals surface area contributed by atoms with E-state index in [0.717, 1.165) is 18.0 Å². The first-order chi connectivity index (χ1) is 15.1. The lowest BCUT2D eigenvalue weighted by Crippen LogP contribution is -2.40. The van der Waals surface area contributed by atoms with Crippen molar-refractivity contribution in [3.05, 3.63) is 35.8 Å². The second-order valence-corrected chi connectivity index (χ2v) is 8.69. The lowest BCUT2D eigenvalue weighted by molar-refractivity contribution is -0.121. The van der Waals surface area contributed by atoms with Gasteiger partial charge in [-0.15, -0.1) is 0 Å². The van der Waals surface area contributed by atoms with Crippen LogP contribution in [0.4, 0.5) is 36.3 Å². The summed E-state index contributed by atoms with van der Waals surface area (Å²) in [6.45, 7) is 3.91. The summed E-state index contributed by atoms with van der Waals surface area (Å²) in [5, 5.41) is 0. The van der Waals surface area contributed by atoms with Crippen LogP contribution in [0.5, 0.6) is 0 Å². The molecule has 11 heteroatoms. The molecular formula is C21H25F3N6OS. The van der Waals surface area contributed by atoms with E-state index in [0.29, 0.717) is 24.2 Å². The van der Waals surface area contributed by atoms with Gasteiger partial charge in [-0.25, -0.2) is 23.1 Å². The highest BCUT2D eigenvalue weighted by atomic mass is 32.2. The average Bonchev–Trinajstić information content (AvgIpc) is 2.75. The number of nitrogen functional groups attached to an aromatic ring is 1. The average molecular weight is 467 g/mol. The van der Waals surface area contributed by atoms with E-state index in [1.807, 2.05) is 25.8 Å². The number of halogens is 3. The first kappa shape index (κ1) is 23.8.